The molecule has 82 valence electrons. The molecule has 0 aromatic heterocycles. The summed E-state index contributed by atoms with van der Waals surface area (Å²) in [5, 5.41) is 15.6. The Labute approximate surface area is 89.8 Å². The summed E-state index contributed by atoms with van der Waals surface area (Å²) in [6, 6.07) is 0. The van der Waals surface area contributed by atoms with Gasteiger partial charge in [-0.05, 0) is 30.3 Å². The first-order valence-corrected chi connectivity index (χ1v) is 6.04. The first-order valence-electron chi connectivity index (χ1n) is 4.89. The first kappa shape index (κ1) is 13.5. The molecule has 0 amide bonds. The van der Waals surface area contributed by atoms with E-state index in [0.717, 1.165) is 17.7 Å². The highest BCUT2D eigenvalue weighted by Gasteiger charge is 2.13. The van der Waals surface area contributed by atoms with Gasteiger partial charge in [0.1, 0.15) is 0 Å². The molecule has 0 aromatic rings. The largest absolute Gasteiger partial charge is 0.481 e. The topological polar surface area (TPSA) is 61.2 Å². The van der Waals surface area contributed by atoms with Gasteiger partial charge in [-0.2, -0.15) is 11.8 Å². The number of hydrogen-bond donors (Lipinski definition) is 2. The van der Waals surface area contributed by atoms with Crippen LogP contribution in [0.2, 0.25) is 0 Å². The fourth-order valence-corrected chi connectivity index (χ4v) is 2.17. The fraction of sp³-hybridized carbons (Fsp3) is 0.800. The van der Waals surface area contributed by atoms with Gasteiger partial charge in [0.2, 0.25) is 0 Å². The Bertz CT molecular complexity index is 183. The number of aliphatic carboxylic acids is 1. The van der Waals surface area contributed by atoms with Crippen LogP contribution in [0.3, 0.4) is 0 Å². The van der Waals surface area contributed by atoms with Gasteiger partial charge in [0, 0.05) is 6.21 Å². The van der Waals surface area contributed by atoms with E-state index in [2.05, 4.69) is 13.8 Å². The lowest BCUT2D eigenvalue weighted by atomic mass is 10.1. The fourth-order valence-electron chi connectivity index (χ4n) is 0.909. The van der Waals surface area contributed by atoms with Gasteiger partial charge in [0.25, 0.3) is 0 Å². The van der Waals surface area contributed by atoms with Crippen LogP contribution in [0, 0.1) is 17.2 Å². The van der Waals surface area contributed by atoms with Crippen molar-refractivity contribution in [3.8, 4) is 0 Å². The quantitative estimate of drug-likeness (QED) is 0.485. The van der Waals surface area contributed by atoms with E-state index in [4.69, 9.17) is 10.5 Å². The zero-order valence-electron chi connectivity index (χ0n) is 8.82. The van der Waals surface area contributed by atoms with E-state index in [1.807, 2.05) is 0 Å². The minimum Gasteiger partial charge on any atom is -0.481 e. The summed E-state index contributed by atoms with van der Waals surface area (Å²) in [6.45, 7) is 4.36. The highest BCUT2D eigenvalue weighted by Crippen LogP contribution is 2.12. The molecule has 0 spiro atoms. The molecule has 0 aromatic carbocycles. The second kappa shape index (κ2) is 7.85. The van der Waals surface area contributed by atoms with Gasteiger partial charge in [-0.1, -0.05) is 13.8 Å². The molecule has 14 heavy (non-hydrogen) atoms. The standard InChI is InChI=1S/C10H19NO2S/c1-8(2)3-5-14-6-4-9(7-11)10(12)13/h7-9,11H,3-6H2,1-2H3,(H,12,13). The van der Waals surface area contributed by atoms with Gasteiger partial charge in [-0.15, -0.1) is 0 Å². The van der Waals surface area contributed by atoms with Crippen molar-refractivity contribution in [3.63, 3.8) is 0 Å². The number of thioether (sulfide) groups is 1. The molecule has 0 aliphatic rings. The van der Waals surface area contributed by atoms with Crippen molar-refractivity contribution in [2.75, 3.05) is 11.5 Å². The smallest absolute Gasteiger partial charge is 0.311 e. The molecule has 1 unspecified atom stereocenters. The molecule has 2 N–H and O–H groups in total. The van der Waals surface area contributed by atoms with E-state index in [-0.39, 0.29) is 0 Å². The van der Waals surface area contributed by atoms with E-state index in [1.165, 1.54) is 6.42 Å². The molecular weight excluding hydrogens is 198 g/mol. The van der Waals surface area contributed by atoms with Crippen LogP contribution < -0.4 is 0 Å². The summed E-state index contributed by atoms with van der Waals surface area (Å²) >= 11 is 1.78. The van der Waals surface area contributed by atoms with Crippen LogP contribution in [0.15, 0.2) is 0 Å². The summed E-state index contributed by atoms with van der Waals surface area (Å²) in [5.74, 6) is 1.15. The van der Waals surface area contributed by atoms with Crippen LogP contribution in [-0.4, -0.2) is 28.8 Å². The maximum atomic E-state index is 10.5. The van der Waals surface area contributed by atoms with Gasteiger partial charge in [-0.3, -0.25) is 4.79 Å². The van der Waals surface area contributed by atoms with Crippen LogP contribution in [0.25, 0.3) is 0 Å². The van der Waals surface area contributed by atoms with E-state index in [1.54, 1.807) is 11.8 Å². The van der Waals surface area contributed by atoms with Crippen LogP contribution in [-0.2, 0) is 4.79 Å². The molecule has 0 saturated heterocycles. The van der Waals surface area contributed by atoms with E-state index in [9.17, 15) is 4.79 Å². The lowest BCUT2D eigenvalue weighted by Crippen LogP contribution is -2.15. The second-order valence-corrected chi connectivity index (χ2v) is 4.92. The third-order valence-electron chi connectivity index (χ3n) is 1.93. The maximum Gasteiger partial charge on any atom is 0.311 e. The Kier molecular flexibility index (Phi) is 7.57. The highest BCUT2D eigenvalue weighted by atomic mass is 32.2. The normalized spacial score (nSPS) is 12.8. The average molecular weight is 217 g/mol. The lowest BCUT2D eigenvalue weighted by Gasteiger charge is -2.06. The van der Waals surface area contributed by atoms with E-state index < -0.39 is 11.9 Å². The molecule has 3 nitrogen and oxygen atoms in total. The molecule has 0 rings (SSSR count). The molecule has 0 saturated carbocycles. The van der Waals surface area contributed by atoms with Gasteiger partial charge in [-0.25, -0.2) is 0 Å². The van der Waals surface area contributed by atoms with Crippen molar-refractivity contribution >= 4 is 23.9 Å². The summed E-state index contributed by atoms with van der Waals surface area (Å²) in [7, 11) is 0. The molecule has 0 heterocycles. The van der Waals surface area contributed by atoms with Crippen molar-refractivity contribution in [2.24, 2.45) is 11.8 Å². The summed E-state index contributed by atoms with van der Waals surface area (Å²) in [5.41, 5.74) is 0. The molecule has 0 radical (unpaired) electrons. The predicted molar refractivity (Wildman–Crippen MR) is 61.3 cm³/mol. The van der Waals surface area contributed by atoms with Gasteiger partial charge in [0.15, 0.2) is 0 Å². The number of rotatable bonds is 8. The summed E-state index contributed by atoms with van der Waals surface area (Å²) in [4.78, 5) is 10.5. The number of carbonyl (C=O) groups is 1. The Hall–Kier alpha value is -0.510. The van der Waals surface area contributed by atoms with Crippen molar-refractivity contribution in [1.82, 2.24) is 0 Å². The minimum atomic E-state index is -0.885. The Morgan fingerprint density at radius 3 is 2.43 bits per heavy atom. The third kappa shape index (κ3) is 6.95. The number of nitrogens with one attached hydrogen (secondary N) is 1. The molecular formula is C10H19NO2S. The Morgan fingerprint density at radius 2 is 2.00 bits per heavy atom. The molecule has 0 aliphatic carbocycles. The second-order valence-electron chi connectivity index (χ2n) is 3.69. The molecule has 0 fully saturated rings. The first-order chi connectivity index (χ1) is 6.57. The predicted octanol–water partition coefficient (Wildman–Crippen LogP) is 2.51. The van der Waals surface area contributed by atoms with Crippen LogP contribution in [0.1, 0.15) is 26.7 Å². The lowest BCUT2D eigenvalue weighted by molar-refractivity contribution is -0.139. The molecule has 0 aliphatic heterocycles. The monoisotopic (exact) mass is 217 g/mol. The average Bonchev–Trinajstić information content (AvgIpc) is 2.10. The van der Waals surface area contributed by atoms with Crippen molar-refractivity contribution < 1.29 is 9.90 Å². The molecule has 0 bridgehead atoms. The van der Waals surface area contributed by atoms with Gasteiger partial charge < -0.3 is 10.5 Å². The zero-order chi connectivity index (χ0) is 11.0. The SMILES string of the molecule is CC(C)CCSCCC(C=N)C(=O)O. The van der Waals surface area contributed by atoms with E-state index >= 15 is 0 Å². The molecule has 1 atom stereocenters. The van der Waals surface area contributed by atoms with Crippen molar-refractivity contribution in [3.05, 3.63) is 0 Å². The Morgan fingerprint density at radius 1 is 1.43 bits per heavy atom. The van der Waals surface area contributed by atoms with Crippen LogP contribution in [0.4, 0.5) is 0 Å². The van der Waals surface area contributed by atoms with Crippen molar-refractivity contribution in [1.29, 1.82) is 5.41 Å². The van der Waals surface area contributed by atoms with E-state index in [0.29, 0.717) is 12.3 Å². The number of carboxylic acids is 1. The summed E-state index contributed by atoms with van der Waals surface area (Å²) < 4.78 is 0. The highest BCUT2D eigenvalue weighted by molar-refractivity contribution is 7.99. The Balaban J connectivity index is 3.43. The molecule has 4 heteroatoms. The van der Waals surface area contributed by atoms with Crippen LogP contribution >= 0.6 is 11.8 Å². The van der Waals surface area contributed by atoms with Crippen LogP contribution in [0.5, 0.6) is 0 Å². The van der Waals surface area contributed by atoms with Gasteiger partial charge in [0.05, 0.1) is 5.92 Å². The maximum absolute atomic E-state index is 10.5. The number of carboxylic acid groups (broad SMARTS) is 1. The zero-order valence-corrected chi connectivity index (χ0v) is 9.64. The van der Waals surface area contributed by atoms with Gasteiger partial charge >= 0.3 is 5.97 Å². The minimum absolute atomic E-state index is 0.571. The van der Waals surface area contributed by atoms with Crippen molar-refractivity contribution in [2.45, 2.75) is 26.7 Å². The third-order valence-corrected chi connectivity index (χ3v) is 2.98. The summed E-state index contributed by atoms with van der Waals surface area (Å²) in [6.07, 6.45) is 2.76. The number of hydrogen-bond acceptors (Lipinski definition) is 3.